The molecule has 0 bridgehead atoms. The van der Waals surface area contributed by atoms with E-state index in [1.54, 1.807) is 0 Å². The maximum absolute atomic E-state index is 6.04. The van der Waals surface area contributed by atoms with Gasteiger partial charge in [0.1, 0.15) is 11.5 Å². The largest absolute Gasteiger partial charge is 0.591 e. The summed E-state index contributed by atoms with van der Waals surface area (Å²) in [6, 6.07) is 6.58. The molecule has 3 rings (SSSR count). The maximum atomic E-state index is 6.04. The van der Waals surface area contributed by atoms with E-state index >= 15 is 0 Å². The Kier molecular flexibility index (Phi) is 3.23. The molecule has 0 saturated carbocycles. The summed E-state index contributed by atoms with van der Waals surface area (Å²) >= 11 is 0. The Balaban J connectivity index is 1.79. The van der Waals surface area contributed by atoms with Crippen LogP contribution in [0, 0.1) is 0 Å². The average Bonchev–Trinajstić information content (AvgIpc) is 2.89. The molecule has 0 N–H and O–H groups in total. The molecule has 0 aliphatic carbocycles. The summed E-state index contributed by atoms with van der Waals surface area (Å²) in [5.41, 5.74) is 1.16. The van der Waals surface area contributed by atoms with E-state index in [4.69, 9.17) is 14.0 Å². The Morgan fingerprint density at radius 1 is 1.21 bits per heavy atom. The fraction of sp³-hybridized carbons (Fsp3) is 0.538. The first-order chi connectivity index (χ1) is 9.04. The molecule has 0 spiro atoms. The van der Waals surface area contributed by atoms with E-state index in [9.17, 15) is 0 Å². The Labute approximate surface area is 115 Å². The maximum Gasteiger partial charge on any atom is 0.591 e. The van der Waals surface area contributed by atoms with Crippen molar-refractivity contribution in [3.05, 3.63) is 23.8 Å². The number of benzene rings is 1. The van der Waals surface area contributed by atoms with Crippen LogP contribution in [0.5, 0.6) is 11.5 Å². The SMILES string of the molecule is CB1Oc2ccc(C3CN(C(C)C)B(C)O3)cc2O1. The Hall–Kier alpha value is -1.13. The molecular weight excluding hydrogens is 240 g/mol. The predicted octanol–water partition coefficient (Wildman–Crippen LogP) is 2.48. The van der Waals surface area contributed by atoms with Crippen LogP contribution in [0.2, 0.25) is 13.6 Å². The highest BCUT2D eigenvalue weighted by atomic mass is 16.6. The van der Waals surface area contributed by atoms with Crippen molar-refractivity contribution in [3.63, 3.8) is 0 Å². The highest BCUT2D eigenvalue weighted by molar-refractivity contribution is 6.47. The Bertz CT molecular complexity index is 483. The zero-order chi connectivity index (χ0) is 13.6. The molecule has 0 aromatic heterocycles. The zero-order valence-electron chi connectivity index (χ0n) is 11.9. The van der Waals surface area contributed by atoms with Gasteiger partial charge in [-0.1, -0.05) is 19.9 Å². The van der Waals surface area contributed by atoms with Gasteiger partial charge in [0.05, 0.1) is 6.10 Å². The summed E-state index contributed by atoms with van der Waals surface area (Å²) in [6.07, 6.45) is 0.113. The molecule has 6 heteroatoms. The third kappa shape index (κ3) is 2.35. The van der Waals surface area contributed by atoms with Gasteiger partial charge in [-0.2, -0.15) is 0 Å². The molecule has 1 atom stereocenters. The number of fused-ring (bicyclic) bond motifs is 1. The molecule has 2 heterocycles. The van der Waals surface area contributed by atoms with Crippen LogP contribution in [0.15, 0.2) is 18.2 Å². The predicted molar refractivity (Wildman–Crippen MR) is 76.6 cm³/mol. The van der Waals surface area contributed by atoms with Crippen molar-refractivity contribution >= 4 is 14.2 Å². The molecule has 1 aromatic carbocycles. The molecule has 0 radical (unpaired) electrons. The van der Waals surface area contributed by atoms with Crippen LogP contribution < -0.4 is 9.31 Å². The van der Waals surface area contributed by atoms with E-state index in [0.717, 1.165) is 23.6 Å². The first-order valence-corrected chi connectivity index (χ1v) is 6.93. The van der Waals surface area contributed by atoms with E-state index in [2.05, 4.69) is 31.5 Å². The van der Waals surface area contributed by atoms with Gasteiger partial charge in [0.25, 0.3) is 0 Å². The fourth-order valence-electron chi connectivity index (χ4n) is 2.81. The van der Waals surface area contributed by atoms with Crippen LogP contribution in [0.4, 0.5) is 0 Å². The first-order valence-electron chi connectivity index (χ1n) is 6.93. The summed E-state index contributed by atoms with van der Waals surface area (Å²) in [5, 5.41) is 0. The molecule has 19 heavy (non-hydrogen) atoms. The normalized spacial score (nSPS) is 22.7. The van der Waals surface area contributed by atoms with Crippen LogP contribution in [-0.2, 0) is 4.65 Å². The van der Waals surface area contributed by atoms with Gasteiger partial charge < -0.3 is 18.8 Å². The smallest absolute Gasteiger partial charge is 0.523 e. The first kappa shape index (κ1) is 12.9. The standard InChI is InChI=1S/C13H19B2NO3/c1-9(2)16-8-13(17-14(16)3)10-5-6-11-12(7-10)19-15(4)18-11/h5-7,9,13H,8H2,1-4H3. The van der Waals surface area contributed by atoms with Crippen LogP contribution >= 0.6 is 0 Å². The number of rotatable bonds is 2. The lowest BCUT2D eigenvalue weighted by Gasteiger charge is -2.21. The van der Waals surface area contributed by atoms with Crippen molar-refractivity contribution in [3.8, 4) is 11.5 Å². The minimum atomic E-state index is -0.194. The topological polar surface area (TPSA) is 30.9 Å². The monoisotopic (exact) mass is 259 g/mol. The second-order valence-corrected chi connectivity index (χ2v) is 5.52. The van der Waals surface area contributed by atoms with E-state index in [0.29, 0.717) is 6.04 Å². The minimum absolute atomic E-state index is 0.113. The Morgan fingerprint density at radius 3 is 2.63 bits per heavy atom. The van der Waals surface area contributed by atoms with Crippen LogP contribution in [-0.4, -0.2) is 31.6 Å². The van der Waals surface area contributed by atoms with Crippen molar-refractivity contribution in [2.45, 2.75) is 39.6 Å². The molecule has 1 fully saturated rings. The molecule has 1 unspecified atom stereocenters. The van der Waals surface area contributed by atoms with Gasteiger partial charge in [-0.25, -0.2) is 0 Å². The summed E-state index contributed by atoms with van der Waals surface area (Å²) in [5.74, 6) is 1.65. The summed E-state index contributed by atoms with van der Waals surface area (Å²) in [7, 11) is -0.0322. The molecule has 2 aliphatic heterocycles. The number of nitrogens with zero attached hydrogens (tertiary/aromatic N) is 1. The lowest BCUT2D eigenvalue weighted by atomic mass is 9.84. The molecule has 1 saturated heterocycles. The zero-order valence-corrected chi connectivity index (χ0v) is 11.9. The average molecular weight is 259 g/mol. The second-order valence-electron chi connectivity index (χ2n) is 5.52. The van der Waals surface area contributed by atoms with Crippen molar-refractivity contribution in [2.24, 2.45) is 0 Å². The number of hydrogen-bond acceptors (Lipinski definition) is 4. The van der Waals surface area contributed by atoms with Crippen molar-refractivity contribution in [1.82, 2.24) is 4.81 Å². The summed E-state index contributed by atoms with van der Waals surface area (Å²) in [4.78, 5) is 2.36. The van der Waals surface area contributed by atoms with Crippen LogP contribution in [0.25, 0.3) is 0 Å². The third-order valence-corrected chi connectivity index (χ3v) is 3.79. The molecule has 2 aliphatic rings. The summed E-state index contributed by atoms with van der Waals surface area (Å²) < 4.78 is 17.2. The van der Waals surface area contributed by atoms with Crippen LogP contribution in [0.3, 0.4) is 0 Å². The van der Waals surface area contributed by atoms with Gasteiger partial charge in [0.2, 0.25) is 0 Å². The highest BCUT2D eigenvalue weighted by Gasteiger charge is 2.36. The van der Waals surface area contributed by atoms with Gasteiger partial charge >= 0.3 is 14.2 Å². The van der Waals surface area contributed by atoms with Gasteiger partial charge in [0.15, 0.2) is 0 Å². The third-order valence-electron chi connectivity index (χ3n) is 3.79. The van der Waals surface area contributed by atoms with Gasteiger partial charge in [-0.3, -0.25) is 0 Å². The van der Waals surface area contributed by atoms with Gasteiger partial charge in [-0.15, -0.1) is 0 Å². The second kappa shape index (κ2) is 4.76. The van der Waals surface area contributed by atoms with Crippen molar-refractivity contribution < 1.29 is 14.0 Å². The molecule has 0 amide bonds. The van der Waals surface area contributed by atoms with E-state index in [-0.39, 0.29) is 20.3 Å². The molecule has 1 aromatic rings. The van der Waals surface area contributed by atoms with Gasteiger partial charge in [-0.05, 0) is 37.4 Å². The van der Waals surface area contributed by atoms with Gasteiger partial charge in [0, 0.05) is 6.54 Å². The van der Waals surface area contributed by atoms with Crippen molar-refractivity contribution in [1.29, 1.82) is 0 Å². The van der Waals surface area contributed by atoms with E-state index in [1.165, 1.54) is 0 Å². The Morgan fingerprint density at radius 2 is 1.95 bits per heavy atom. The van der Waals surface area contributed by atoms with Crippen molar-refractivity contribution in [2.75, 3.05) is 6.54 Å². The number of hydrogen-bond donors (Lipinski definition) is 0. The fourth-order valence-corrected chi connectivity index (χ4v) is 2.81. The van der Waals surface area contributed by atoms with E-state index < -0.39 is 0 Å². The molecule has 4 nitrogen and oxygen atoms in total. The minimum Gasteiger partial charge on any atom is -0.523 e. The van der Waals surface area contributed by atoms with E-state index in [1.807, 2.05) is 19.0 Å². The lowest BCUT2D eigenvalue weighted by Crippen LogP contribution is -2.37. The quantitative estimate of drug-likeness (QED) is 0.763. The lowest BCUT2D eigenvalue weighted by molar-refractivity contribution is 0.245. The highest BCUT2D eigenvalue weighted by Crippen LogP contribution is 2.38. The summed E-state index contributed by atoms with van der Waals surface area (Å²) in [6.45, 7) is 9.32. The van der Waals surface area contributed by atoms with Crippen LogP contribution in [0.1, 0.15) is 25.5 Å². The molecular formula is C13H19B2NO3. The molecule has 100 valence electrons.